The first-order chi connectivity index (χ1) is 8.43. The first kappa shape index (κ1) is 13.7. The van der Waals surface area contributed by atoms with Crippen molar-refractivity contribution in [1.29, 1.82) is 0 Å². The summed E-state index contributed by atoms with van der Waals surface area (Å²) in [4.78, 5) is 32.6. The molecule has 18 heavy (non-hydrogen) atoms. The number of benzene rings is 1. The highest BCUT2D eigenvalue weighted by molar-refractivity contribution is 5.83. The highest BCUT2D eigenvalue weighted by Gasteiger charge is 2.20. The summed E-state index contributed by atoms with van der Waals surface area (Å²) in [5.41, 5.74) is 0.649. The predicted octanol–water partition coefficient (Wildman–Crippen LogP) is 0.336. The number of rotatable bonds is 5. The van der Waals surface area contributed by atoms with Gasteiger partial charge < -0.3 is 15.5 Å². The molecule has 1 aromatic rings. The van der Waals surface area contributed by atoms with Crippen LogP contribution in [0, 0.1) is 0 Å². The molecule has 1 atom stereocenters. The van der Waals surface area contributed by atoms with Gasteiger partial charge in [0.25, 0.3) is 0 Å². The minimum atomic E-state index is -1.19. The van der Waals surface area contributed by atoms with Crippen LogP contribution in [0.15, 0.2) is 18.2 Å². The van der Waals surface area contributed by atoms with E-state index in [4.69, 9.17) is 5.11 Å². The van der Waals surface area contributed by atoms with Gasteiger partial charge in [0.2, 0.25) is 5.91 Å². The molecule has 0 saturated carbocycles. The quantitative estimate of drug-likeness (QED) is 0.654. The average molecular weight is 251 g/mol. The van der Waals surface area contributed by atoms with E-state index >= 15 is 0 Å². The molecular weight excluding hydrogens is 238 g/mol. The van der Waals surface area contributed by atoms with E-state index < -0.39 is 17.9 Å². The molecule has 96 valence electrons. The Morgan fingerprint density at radius 1 is 1.44 bits per heavy atom. The van der Waals surface area contributed by atoms with Gasteiger partial charge in [0.15, 0.2) is 0 Å². The molecule has 6 heteroatoms. The number of hydrogen-bond donors (Lipinski definition) is 3. The van der Waals surface area contributed by atoms with Crippen molar-refractivity contribution in [2.75, 3.05) is 0 Å². The maximum absolute atomic E-state index is 11.0. The topological polar surface area (TPSA) is 104 Å². The molecule has 1 unspecified atom stereocenters. The number of carboxylic acid groups (broad SMARTS) is 1. The Labute approximate surface area is 103 Å². The van der Waals surface area contributed by atoms with Crippen LogP contribution >= 0.6 is 0 Å². The highest BCUT2D eigenvalue weighted by atomic mass is 16.4. The Kier molecular flexibility index (Phi) is 4.42. The SMILES string of the molecule is CC(=O)NC(Cc1ccc(O)cc1C=O)C(=O)O. The van der Waals surface area contributed by atoms with Crippen LogP contribution in [0.5, 0.6) is 5.75 Å². The fraction of sp³-hybridized carbons (Fsp3) is 0.250. The van der Waals surface area contributed by atoms with Crippen molar-refractivity contribution >= 4 is 18.2 Å². The molecule has 0 aliphatic rings. The highest BCUT2D eigenvalue weighted by Crippen LogP contribution is 2.16. The lowest BCUT2D eigenvalue weighted by Crippen LogP contribution is -2.41. The van der Waals surface area contributed by atoms with Crippen LogP contribution in [0.4, 0.5) is 0 Å². The van der Waals surface area contributed by atoms with Crippen LogP contribution in [0.2, 0.25) is 0 Å². The summed E-state index contributed by atoms with van der Waals surface area (Å²) in [6.07, 6.45) is 0.505. The third-order valence-electron chi connectivity index (χ3n) is 2.36. The Bertz CT molecular complexity index is 483. The number of aldehydes is 1. The Morgan fingerprint density at radius 2 is 2.11 bits per heavy atom. The molecule has 1 rings (SSSR count). The fourth-order valence-electron chi connectivity index (χ4n) is 1.54. The van der Waals surface area contributed by atoms with Gasteiger partial charge in [-0.3, -0.25) is 9.59 Å². The van der Waals surface area contributed by atoms with Crippen LogP contribution in [-0.4, -0.2) is 34.4 Å². The van der Waals surface area contributed by atoms with Gasteiger partial charge in [-0.25, -0.2) is 4.79 Å². The summed E-state index contributed by atoms with van der Waals surface area (Å²) in [6.45, 7) is 1.22. The largest absolute Gasteiger partial charge is 0.508 e. The third kappa shape index (κ3) is 3.58. The molecule has 0 saturated heterocycles. The van der Waals surface area contributed by atoms with Crippen molar-refractivity contribution in [1.82, 2.24) is 5.32 Å². The average Bonchev–Trinajstić information content (AvgIpc) is 2.29. The van der Waals surface area contributed by atoms with Crippen molar-refractivity contribution in [2.45, 2.75) is 19.4 Å². The van der Waals surface area contributed by atoms with Crippen LogP contribution in [0.1, 0.15) is 22.8 Å². The number of aromatic hydroxyl groups is 1. The number of carbonyl (C=O) groups excluding carboxylic acids is 2. The Hall–Kier alpha value is -2.37. The van der Waals surface area contributed by atoms with Gasteiger partial charge in [0.05, 0.1) is 0 Å². The summed E-state index contributed by atoms with van der Waals surface area (Å²) in [6, 6.07) is 2.95. The van der Waals surface area contributed by atoms with Crippen LogP contribution in [-0.2, 0) is 16.0 Å². The van der Waals surface area contributed by atoms with E-state index in [0.29, 0.717) is 11.8 Å². The lowest BCUT2D eigenvalue weighted by Gasteiger charge is -2.14. The zero-order valence-corrected chi connectivity index (χ0v) is 9.71. The number of amides is 1. The summed E-state index contributed by atoms with van der Waals surface area (Å²) >= 11 is 0. The summed E-state index contributed by atoms with van der Waals surface area (Å²) < 4.78 is 0. The molecule has 0 aromatic heterocycles. The second kappa shape index (κ2) is 5.81. The second-order valence-corrected chi connectivity index (χ2v) is 3.80. The van der Waals surface area contributed by atoms with Crippen molar-refractivity contribution in [3.8, 4) is 5.75 Å². The molecule has 1 amide bonds. The van der Waals surface area contributed by atoms with E-state index in [-0.39, 0.29) is 17.7 Å². The molecule has 0 aliphatic heterocycles. The van der Waals surface area contributed by atoms with Gasteiger partial charge in [0, 0.05) is 18.9 Å². The first-order valence-electron chi connectivity index (χ1n) is 5.21. The van der Waals surface area contributed by atoms with Crippen LogP contribution in [0.3, 0.4) is 0 Å². The molecular formula is C12H13NO5. The van der Waals surface area contributed by atoms with Gasteiger partial charge in [0.1, 0.15) is 18.1 Å². The number of aliphatic carboxylic acids is 1. The molecule has 0 bridgehead atoms. The molecule has 0 fully saturated rings. The first-order valence-corrected chi connectivity index (χ1v) is 5.21. The van der Waals surface area contributed by atoms with E-state index in [1.807, 2.05) is 0 Å². The summed E-state index contributed by atoms with van der Waals surface area (Å²) in [7, 11) is 0. The van der Waals surface area contributed by atoms with Crippen molar-refractivity contribution in [2.24, 2.45) is 0 Å². The Balaban J connectivity index is 2.96. The lowest BCUT2D eigenvalue weighted by atomic mass is 10.0. The molecule has 1 aromatic carbocycles. The number of carbonyl (C=O) groups is 3. The standard InChI is InChI=1S/C12H13NO5/c1-7(15)13-11(12(17)18)5-8-2-3-10(16)4-9(8)6-14/h2-4,6,11,16H,5H2,1H3,(H,13,15)(H,17,18). The van der Waals surface area contributed by atoms with E-state index in [2.05, 4.69) is 5.32 Å². The van der Waals surface area contributed by atoms with E-state index in [1.54, 1.807) is 0 Å². The summed E-state index contributed by atoms with van der Waals surface area (Å²) in [5, 5.41) is 20.4. The zero-order valence-electron chi connectivity index (χ0n) is 9.71. The zero-order chi connectivity index (χ0) is 13.7. The maximum Gasteiger partial charge on any atom is 0.326 e. The molecule has 0 radical (unpaired) electrons. The minimum absolute atomic E-state index is 0.0245. The van der Waals surface area contributed by atoms with E-state index in [9.17, 15) is 19.5 Å². The van der Waals surface area contributed by atoms with E-state index in [1.165, 1.54) is 25.1 Å². The van der Waals surface area contributed by atoms with Gasteiger partial charge in [-0.2, -0.15) is 0 Å². The number of carboxylic acids is 1. The molecule has 0 aliphatic carbocycles. The van der Waals surface area contributed by atoms with Crippen LogP contribution < -0.4 is 5.32 Å². The van der Waals surface area contributed by atoms with Gasteiger partial charge in [-0.1, -0.05) is 6.07 Å². The van der Waals surface area contributed by atoms with E-state index in [0.717, 1.165) is 0 Å². The number of phenols is 1. The van der Waals surface area contributed by atoms with Crippen molar-refractivity contribution in [3.63, 3.8) is 0 Å². The van der Waals surface area contributed by atoms with Gasteiger partial charge in [-0.15, -0.1) is 0 Å². The lowest BCUT2D eigenvalue weighted by molar-refractivity contribution is -0.141. The Morgan fingerprint density at radius 3 is 2.61 bits per heavy atom. The van der Waals surface area contributed by atoms with Crippen LogP contribution in [0.25, 0.3) is 0 Å². The maximum atomic E-state index is 11.0. The van der Waals surface area contributed by atoms with Gasteiger partial charge in [-0.05, 0) is 17.7 Å². The second-order valence-electron chi connectivity index (χ2n) is 3.80. The minimum Gasteiger partial charge on any atom is -0.508 e. The fourth-order valence-corrected chi connectivity index (χ4v) is 1.54. The monoisotopic (exact) mass is 251 g/mol. The third-order valence-corrected chi connectivity index (χ3v) is 2.36. The smallest absolute Gasteiger partial charge is 0.326 e. The number of phenolic OH excluding ortho intramolecular Hbond substituents is 1. The normalized spacial score (nSPS) is 11.6. The number of nitrogens with one attached hydrogen (secondary N) is 1. The summed E-state index contributed by atoms with van der Waals surface area (Å²) in [5.74, 6) is -1.73. The molecule has 0 heterocycles. The molecule has 3 N–H and O–H groups in total. The van der Waals surface area contributed by atoms with Gasteiger partial charge >= 0.3 is 5.97 Å². The molecule has 6 nitrogen and oxygen atoms in total. The molecule has 0 spiro atoms. The number of hydrogen-bond acceptors (Lipinski definition) is 4. The van der Waals surface area contributed by atoms with Crippen molar-refractivity contribution in [3.05, 3.63) is 29.3 Å². The van der Waals surface area contributed by atoms with Crippen molar-refractivity contribution < 1.29 is 24.6 Å². The predicted molar refractivity (Wildman–Crippen MR) is 62.4 cm³/mol.